The smallest absolute Gasteiger partial charge is 0.270 e. The molecule has 1 saturated carbocycles. The standard InChI is InChI=1S/C21H26N6O4S/c1-3-18-25-26-21(31-18)19-20(22)23-11-17(24-19)16-10-15(9-4-12(16)2)32(29,30)27-13-5-7-14(28)8-6-13/h4,9-11,13-14,27-28H,3,5-8H2,1-2H3,(H2,22,23). The number of aromatic nitrogens is 4. The van der Waals surface area contributed by atoms with Gasteiger partial charge in [0.15, 0.2) is 11.5 Å². The molecular formula is C21H26N6O4S. The lowest BCUT2D eigenvalue weighted by Crippen LogP contribution is -2.38. The number of nitrogens with two attached hydrogens (primary N) is 1. The lowest BCUT2D eigenvalue weighted by atomic mass is 9.94. The summed E-state index contributed by atoms with van der Waals surface area (Å²) >= 11 is 0. The number of anilines is 1. The zero-order valence-electron chi connectivity index (χ0n) is 17.9. The summed E-state index contributed by atoms with van der Waals surface area (Å²) in [6.45, 7) is 3.75. The molecule has 1 fully saturated rings. The summed E-state index contributed by atoms with van der Waals surface area (Å²) < 4.78 is 34.3. The first-order valence-corrected chi connectivity index (χ1v) is 12.0. The van der Waals surface area contributed by atoms with Crippen LogP contribution in [0.1, 0.15) is 44.1 Å². The summed E-state index contributed by atoms with van der Waals surface area (Å²) in [4.78, 5) is 8.88. The average molecular weight is 459 g/mol. The molecule has 0 radical (unpaired) electrons. The van der Waals surface area contributed by atoms with Gasteiger partial charge in [-0.25, -0.2) is 23.1 Å². The quantitative estimate of drug-likeness (QED) is 0.504. The highest BCUT2D eigenvalue weighted by atomic mass is 32.2. The minimum absolute atomic E-state index is 0.135. The maximum atomic E-state index is 13.0. The highest BCUT2D eigenvalue weighted by Gasteiger charge is 2.25. The molecule has 0 saturated heterocycles. The molecule has 0 atom stereocenters. The molecule has 10 nitrogen and oxygen atoms in total. The van der Waals surface area contributed by atoms with Crippen molar-refractivity contribution in [2.45, 2.75) is 63.0 Å². The molecule has 1 aromatic carbocycles. The second-order valence-electron chi connectivity index (χ2n) is 7.95. The predicted molar refractivity (Wildman–Crippen MR) is 118 cm³/mol. The normalized spacial score (nSPS) is 19.2. The van der Waals surface area contributed by atoms with Crippen LogP contribution >= 0.6 is 0 Å². The van der Waals surface area contributed by atoms with E-state index in [4.69, 9.17) is 10.2 Å². The molecule has 0 aliphatic heterocycles. The summed E-state index contributed by atoms with van der Waals surface area (Å²) in [5, 5.41) is 17.6. The van der Waals surface area contributed by atoms with Crippen molar-refractivity contribution in [3.05, 3.63) is 35.9 Å². The molecule has 0 bridgehead atoms. The Morgan fingerprint density at radius 3 is 2.66 bits per heavy atom. The Labute approximate surface area is 186 Å². The molecule has 4 rings (SSSR count). The van der Waals surface area contributed by atoms with Gasteiger partial charge < -0.3 is 15.3 Å². The van der Waals surface area contributed by atoms with Crippen LogP contribution < -0.4 is 10.5 Å². The number of hydrogen-bond acceptors (Lipinski definition) is 9. The highest BCUT2D eigenvalue weighted by Crippen LogP contribution is 2.29. The van der Waals surface area contributed by atoms with Crippen LogP contribution in [0, 0.1) is 6.92 Å². The van der Waals surface area contributed by atoms with E-state index in [0.29, 0.717) is 49.3 Å². The number of aliphatic hydroxyl groups is 1. The minimum atomic E-state index is -3.74. The van der Waals surface area contributed by atoms with Gasteiger partial charge in [0, 0.05) is 18.0 Å². The largest absolute Gasteiger partial charge is 0.419 e. The van der Waals surface area contributed by atoms with Crippen molar-refractivity contribution in [2.24, 2.45) is 0 Å². The molecule has 0 unspecified atom stereocenters. The Morgan fingerprint density at radius 2 is 1.97 bits per heavy atom. The molecule has 3 aromatic rings. The zero-order valence-corrected chi connectivity index (χ0v) is 18.8. The Morgan fingerprint density at radius 1 is 1.22 bits per heavy atom. The van der Waals surface area contributed by atoms with E-state index in [2.05, 4.69) is 24.9 Å². The molecule has 0 amide bonds. The number of aliphatic hydroxyl groups excluding tert-OH is 1. The fraction of sp³-hybridized carbons (Fsp3) is 0.429. The van der Waals surface area contributed by atoms with Gasteiger partial charge in [0.1, 0.15) is 0 Å². The summed E-state index contributed by atoms with van der Waals surface area (Å²) in [6, 6.07) is 4.68. The van der Waals surface area contributed by atoms with Crippen LogP contribution in [0.5, 0.6) is 0 Å². The molecule has 4 N–H and O–H groups in total. The second kappa shape index (κ2) is 8.93. The molecule has 0 spiro atoms. The van der Waals surface area contributed by atoms with E-state index in [0.717, 1.165) is 5.56 Å². The first-order valence-electron chi connectivity index (χ1n) is 10.5. The zero-order chi connectivity index (χ0) is 22.9. The lowest BCUT2D eigenvalue weighted by molar-refractivity contribution is 0.120. The number of nitrogen functional groups attached to an aromatic ring is 1. The summed E-state index contributed by atoms with van der Waals surface area (Å²) in [5.41, 5.74) is 8.11. The van der Waals surface area contributed by atoms with E-state index in [1.807, 2.05) is 13.8 Å². The van der Waals surface area contributed by atoms with E-state index in [1.54, 1.807) is 18.2 Å². The van der Waals surface area contributed by atoms with Crippen LogP contribution in [0.15, 0.2) is 33.7 Å². The molecule has 11 heteroatoms. The van der Waals surface area contributed by atoms with Gasteiger partial charge in [-0.15, -0.1) is 10.2 Å². The van der Waals surface area contributed by atoms with Crippen molar-refractivity contribution < 1.29 is 17.9 Å². The number of sulfonamides is 1. The SMILES string of the molecule is CCc1nnc(-c2nc(-c3cc(S(=O)(=O)NC4CCC(O)CC4)ccc3C)cnc2N)o1. The van der Waals surface area contributed by atoms with E-state index in [1.165, 1.54) is 6.20 Å². The van der Waals surface area contributed by atoms with Crippen LogP contribution in [0.3, 0.4) is 0 Å². The van der Waals surface area contributed by atoms with Gasteiger partial charge in [-0.2, -0.15) is 0 Å². The van der Waals surface area contributed by atoms with Crippen molar-refractivity contribution in [3.63, 3.8) is 0 Å². The van der Waals surface area contributed by atoms with Crippen LogP contribution in [0.4, 0.5) is 5.82 Å². The maximum absolute atomic E-state index is 13.0. The average Bonchev–Trinajstić information content (AvgIpc) is 3.25. The van der Waals surface area contributed by atoms with Gasteiger partial charge in [0.05, 0.1) is 22.9 Å². The fourth-order valence-electron chi connectivity index (χ4n) is 3.70. The number of benzene rings is 1. The third-order valence-electron chi connectivity index (χ3n) is 5.59. The van der Waals surface area contributed by atoms with Crippen LogP contribution in [0.2, 0.25) is 0 Å². The number of nitrogens with one attached hydrogen (secondary N) is 1. The van der Waals surface area contributed by atoms with Crippen molar-refractivity contribution in [3.8, 4) is 22.8 Å². The Balaban J connectivity index is 1.66. The first-order chi connectivity index (χ1) is 15.3. The predicted octanol–water partition coefficient (Wildman–Crippen LogP) is 2.23. The van der Waals surface area contributed by atoms with E-state index in [-0.39, 0.29) is 34.4 Å². The first kappa shape index (κ1) is 22.3. The van der Waals surface area contributed by atoms with Crippen molar-refractivity contribution in [2.75, 3.05) is 5.73 Å². The van der Waals surface area contributed by atoms with Crippen LogP contribution in [-0.4, -0.2) is 45.8 Å². The monoisotopic (exact) mass is 458 g/mol. The molecule has 170 valence electrons. The molecule has 2 aromatic heterocycles. The number of hydrogen-bond donors (Lipinski definition) is 3. The number of nitrogens with zero attached hydrogens (tertiary/aromatic N) is 4. The molecule has 32 heavy (non-hydrogen) atoms. The van der Waals surface area contributed by atoms with Gasteiger partial charge in [0.2, 0.25) is 15.9 Å². The van der Waals surface area contributed by atoms with Gasteiger partial charge in [-0.1, -0.05) is 13.0 Å². The summed E-state index contributed by atoms with van der Waals surface area (Å²) in [7, 11) is -3.74. The minimum Gasteiger partial charge on any atom is -0.419 e. The van der Waals surface area contributed by atoms with E-state index >= 15 is 0 Å². The molecular weight excluding hydrogens is 432 g/mol. The van der Waals surface area contributed by atoms with Crippen LogP contribution in [0.25, 0.3) is 22.8 Å². The van der Waals surface area contributed by atoms with Crippen molar-refractivity contribution in [1.82, 2.24) is 24.9 Å². The van der Waals surface area contributed by atoms with Crippen molar-refractivity contribution >= 4 is 15.8 Å². The highest BCUT2D eigenvalue weighted by molar-refractivity contribution is 7.89. The lowest BCUT2D eigenvalue weighted by Gasteiger charge is -2.26. The summed E-state index contributed by atoms with van der Waals surface area (Å²) in [6.07, 6.45) is 4.10. The molecule has 1 aliphatic rings. The third-order valence-corrected chi connectivity index (χ3v) is 7.10. The fourth-order valence-corrected chi connectivity index (χ4v) is 5.03. The molecule has 1 aliphatic carbocycles. The van der Waals surface area contributed by atoms with Crippen molar-refractivity contribution in [1.29, 1.82) is 0 Å². The Kier molecular flexibility index (Phi) is 6.22. The second-order valence-corrected chi connectivity index (χ2v) is 9.66. The van der Waals surface area contributed by atoms with E-state index < -0.39 is 10.0 Å². The Bertz CT molecular complexity index is 1220. The van der Waals surface area contributed by atoms with E-state index in [9.17, 15) is 13.5 Å². The van der Waals surface area contributed by atoms with Gasteiger partial charge in [-0.3, -0.25) is 0 Å². The number of aryl methyl sites for hydroxylation is 2. The van der Waals surface area contributed by atoms with Crippen LogP contribution in [-0.2, 0) is 16.4 Å². The van der Waals surface area contributed by atoms with Gasteiger partial charge >= 0.3 is 0 Å². The van der Waals surface area contributed by atoms with Gasteiger partial charge in [0.25, 0.3) is 5.89 Å². The summed E-state index contributed by atoms with van der Waals surface area (Å²) in [5.74, 6) is 0.760. The molecule has 2 heterocycles. The Hall–Kier alpha value is -2.89. The van der Waals surface area contributed by atoms with Gasteiger partial charge in [-0.05, 0) is 50.3 Å². The number of rotatable bonds is 6. The third kappa shape index (κ3) is 4.64. The maximum Gasteiger partial charge on any atom is 0.270 e. The topological polar surface area (TPSA) is 157 Å².